The second-order valence-electron chi connectivity index (χ2n) is 10.6. The lowest BCUT2D eigenvalue weighted by Crippen LogP contribution is -2.33. The first kappa shape index (κ1) is 25.0. The van der Waals surface area contributed by atoms with E-state index in [1.54, 1.807) is 61.1 Å². The highest BCUT2D eigenvalue weighted by atomic mass is 19.1. The van der Waals surface area contributed by atoms with Crippen molar-refractivity contribution in [3.63, 3.8) is 0 Å². The van der Waals surface area contributed by atoms with Gasteiger partial charge in [0.25, 0.3) is 11.8 Å². The third-order valence-corrected chi connectivity index (χ3v) is 7.84. The molecule has 2 N–H and O–H groups in total. The molecule has 206 valence electrons. The summed E-state index contributed by atoms with van der Waals surface area (Å²) in [7, 11) is 0. The van der Waals surface area contributed by atoms with Crippen molar-refractivity contribution in [3.8, 4) is 11.3 Å². The van der Waals surface area contributed by atoms with Gasteiger partial charge < -0.3 is 9.72 Å². The summed E-state index contributed by atoms with van der Waals surface area (Å²) in [6.07, 6.45) is 5.44. The van der Waals surface area contributed by atoms with E-state index < -0.39 is 41.5 Å². The number of aromatic nitrogens is 5. The van der Waals surface area contributed by atoms with Crippen LogP contribution in [-0.2, 0) is 4.79 Å². The Labute approximate surface area is 231 Å². The number of aromatic amines is 1. The zero-order valence-corrected chi connectivity index (χ0v) is 22.0. The molecule has 1 fully saturated rings. The normalized spacial score (nSPS) is 18.8. The van der Waals surface area contributed by atoms with Gasteiger partial charge in [0.05, 0.1) is 46.8 Å². The molecule has 41 heavy (non-hydrogen) atoms. The predicted octanol–water partition coefficient (Wildman–Crippen LogP) is 4.42. The summed E-state index contributed by atoms with van der Waals surface area (Å²) >= 11 is 0. The fourth-order valence-corrected chi connectivity index (χ4v) is 5.61. The topological polar surface area (TPSA) is 125 Å². The van der Waals surface area contributed by atoms with Crippen LogP contribution in [0.1, 0.15) is 51.1 Å². The van der Waals surface area contributed by atoms with Crippen molar-refractivity contribution in [2.24, 2.45) is 5.92 Å². The smallest absolute Gasteiger partial charge is 0.261 e. The number of imide groups is 1. The van der Waals surface area contributed by atoms with Gasteiger partial charge in [-0.3, -0.25) is 29.4 Å². The summed E-state index contributed by atoms with van der Waals surface area (Å²) in [5, 5.41) is 10.3. The molecule has 3 aromatic heterocycles. The highest BCUT2D eigenvalue weighted by molar-refractivity contribution is 6.21. The van der Waals surface area contributed by atoms with Gasteiger partial charge in [0.15, 0.2) is 11.5 Å². The zero-order valence-electron chi connectivity index (χ0n) is 22.0. The molecule has 10 nitrogen and oxygen atoms in total. The van der Waals surface area contributed by atoms with E-state index in [2.05, 4.69) is 25.5 Å². The summed E-state index contributed by atoms with van der Waals surface area (Å²) in [6.45, 7) is 3.40. The molecule has 0 saturated heterocycles. The molecular weight excluding hydrogens is 532 g/mol. The number of H-pyrrole nitrogens is 1. The fraction of sp³-hybridized carbons (Fsp3) is 0.241. The number of amides is 3. The molecule has 2 aliphatic rings. The van der Waals surface area contributed by atoms with Crippen molar-refractivity contribution in [1.82, 2.24) is 29.5 Å². The van der Waals surface area contributed by atoms with E-state index in [0.29, 0.717) is 50.1 Å². The van der Waals surface area contributed by atoms with E-state index >= 15 is 4.39 Å². The summed E-state index contributed by atoms with van der Waals surface area (Å²) in [5.74, 6) is -2.64. The molecule has 1 aliphatic heterocycles. The quantitative estimate of drug-likeness (QED) is 0.299. The number of rotatable bonds is 6. The van der Waals surface area contributed by atoms with E-state index in [9.17, 15) is 18.8 Å². The molecule has 3 atom stereocenters. The van der Waals surface area contributed by atoms with Gasteiger partial charge in [-0.1, -0.05) is 19.1 Å². The molecule has 1 unspecified atom stereocenters. The van der Waals surface area contributed by atoms with Crippen LogP contribution in [-0.4, -0.2) is 59.9 Å². The predicted molar refractivity (Wildman–Crippen MR) is 145 cm³/mol. The van der Waals surface area contributed by atoms with Gasteiger partial charge in [-0.15, -0.1) is 0 Å². The standard InChI is InChI=1S/C29H23F2N7O3/c1-13(10-38-28(40)15-5-3-4-6-16(15)29(38)41)23-25(31)14(2)24(18-8-33-36-26(18)23)20-11-37-12-21(34-22(37)9-32-20)35-27(39)17-7-19(17)30/h3-6,8-9,11-13,17,19H,7,10H2,1-2H3,(H,33,36)(H,35,39)/t13?,17-,19+/m1/s1. The molecule has 0 radical (unpaired) electrons. The second-order valence-corrected chi connectivity index (χ2v) is 10.6. The van der Waals surface area contributed by atoms with Crippen LogP contribution in [0.5, 0.6) is 0 Å². The number of benzene rings is 2. The minimum absolute atomic E-state index is 0.00603. The Kier molecular flexibility index (Phi) is 5.50. The largest absolute Gasteiger partial charge is 0.309 e. The van der Waals surface area contributed by atoms with Crippen LogP contribution in [0.2, 0.25) is 0 Å². The lowest BCUT2D eigenvalue weighted by molar-refractivity contribution is -0.117. The number of hydrogen-bond donors (Lipinski definition) is 2. The Morgan fingerprint density at radius 3 is 2.56 bits per heavy atom. The molecular formula is C29H23F2N7O3. The Hall–Kier alpha value is -5.00. The number of alkyl halides is 1. The molecule has 0 bridgehead atoms. The summed E-state index contributed by atoms with van der Waals surface area (Å²) < 4.78 is 31.1. The van der Waals surface area contributed by atoms with E-state index in [0.717, 1.165) is 4.90 Å². The lowest BCUT2D eigenvalue weighted by atomic mass is 9.90. The van der Waals surface area contributed by atoms with Gasteiger partial charge in [-0.2, -0.15) is 5.10 Å². The number of halogens is 2. The van der Waals surface area contributed by atoms with E-state index in [-0.39, 0.29) is 18.8 Å². The van der Waals surface area contributed by atoms with Gasteiger partial charge in [0.2, 0.25) is 5.91 Å². The first-order valence-corrected chi connectivity index (χ1v) is 13.1. The van der Waals surface area contributed by atoms with Crippen LogP contribution in [0.25, 0.3) is 27.8 Å². The van der Waals surface area contributed by atoms with Gasteiger partial charge in [0, 0.05) is 35.2 Å². The van der Waals surface area contributed by atoms with Crippen LogP contribution >= 0.6 is 0 Å². The van der Waals surface area contributed by atoms with Crippen molar-refractivity contribution >= 4 is 40.1 Å². The molecule has 3 amide bonds. The molecule has 2 aromatic carbocycles. The first-order chi connectivity index (χ1) is 19.7. The van der Waals surface area contributed by atoms with Crippen molar-refractivity contribution < 1.29 is 23.2 Å². The highest BCUT2D eigenvalue weighted by Gasteiger charge is 2.44. The molecule has 1 aliphatic carbocycles. The Morgan fingerprint density at radius 2 is 1.88 bits per heavy atom. The van der Waals surface area contributed by atoms with Crippen LogP contribution in [0.15, 0.2) is 49.1 Å². The number of anilines is 1. The van der Waals surface area contributed by atoms with Gasteiger partial charge in [0.1, 0.15) is 12.0 Å². The van der Waals surface area contributed by atoms with Crippen molar-refractivity contribution in [3.05, 3.63) is 77.1 Å². The molecule has 0 spiro atoms. The lowest BCUT2D eigenvalue weighted by Gasteiger charge is -2.22. The monoisotopic (exact) mass is 555 g/mol. The average molecular weight is 556 g/mol. The highest BCUT2D eigenvalue weighted by Crippen LogP contribution is 2.39. The molecule has 7 rings (SSSR count). The number of carbonyl (C=O) groups excluding carboxylic acids is 3. The summed E-state index contributed by atoms with van der Waals surface area (Å²) in [5.41, 5.74) is 3.17. The fourth-order valence-electron chi connectivity index (χ4n) is 5.61. The molecule has 4 heterocycles. The minimum Gasteiger partial charge on any atom is -0.309 e. The number of fused-ring (bicyclic) bond motifs is 3. The SMILES string of the molecule is Cc1c(F)c(C(C)CN2C(=O)c3ccccc3C2=O)c2[nH]ncc2c1-c1cn2cc(NC(=O)[C@@H]3C[C@@H]3F)nc2cn1. The summed E-state index contributed by atoms with van der Waals surface area (Å²) in [4.78, 5) is 48.0. The van der Waals surface area contributed by atoms with E-state index in [1.165, 1.54) is 6.20 Å². The Morgan fingerprint density at radius 1 is 1.17 bits per heavy atom. The molecule has 1 saturated carbocycles. The van der Waals surface area contributed by atoms with Crippen LogP contribution in [0.3, 0.4) is 0 Å². The number of carbonyl (C=O) groups is 3. The van der Waals surface area contributed by atoms with Crippen molar-refractivity contribution in [1.29, 1.82) is 0 Å². The Bertz CT molecular complexity index is 1900. The molecule has 5 aromatic rings. The van der Waals surface area contributed by atoms with Gasteiger partial charge in [-0.25, -0.2) is 13.8 Å². The van der Waals surface area contributed by atoms with Crippen LogP contribution < -0.4 is 5.32 Å². The zero-order chi connectivity index (χ0) is 28.6. The van der Waals surface area contributed by atoms with E-state index in [4.69, 9.17) is 0 Å². The third-order valence-electron chi connectivity index (χ3n) is 7.84. The van der Waals surface area contributed by atoms with Crippen LogP contribution in [0.4, 0.5) is 14.6 Å². The summed E-state index contributed by atoms with van der Waals surface area (Å²) in [6, 6.07) is 6.63. The number of imidazole rings is 1. The first-order valence-electron chi connectivity index (χ1n) is 13.1. The average Bonchev–Trinajstić information content (AvgIpc) is 3.23. The van der Waals surface area contributed by atoms with E-state index in [1.807, 2.05) is 0 Å². The van der Waals surface area contributed by atoms with Crippen LogP contribution in [0, 0.1) is 18.7 Å². The maximum atomic E-state index is 16.2. The third kappa shape index (κ3) is 3.89. The van der Waals surface area contributed by atoms with Gasteiger partial charge in [-0.05, 0) is 31.0 Å². The molecule has 12 heteroatoms. The second kappa shape index (κ2) is 9.01. The number of nitrogens with zero attached hydrogens (tertiary/aromatic N) is 5. The van der Waals surface area contributed by atoms with Crippen molar-refractivity contribution in [2.45, 2.75) is 32.4 Å². The minimum atomic E-state index is -1.12. The van der Waals surface area contributed by atoms with Gasteiger partial charge >= 0.3 is 0 Å². The number of nitrogens with one attached hydrogen (secondary N) is 2. The Balaban J connectivity index is 1.23. The maximum absolute atomic E-state index is 16.2. The maximum Gasteiger partial charge on any atom is 0.261 e. The number of hydrogen-bond acceptors (Lipinski definition) is 6. The van der Waals surface area contributed by atoms with Crippen molar-refractivity contribution in [2.75, 3.05) is 11.9 Å².